The molecule has 2 fully saturated rings. The lowest BCUT2D eigenvalue weighted by Gasteiger charge is -2.27. The van der Waals surface area contributed by atoms with Gasteiger partial charge in [0.15, 0.2) is 0 Å². The van der Waals surface area contributed by atoms with Crippen molar-refractivity contribution in [2.45, 2.75) is 56.7 Å². The predicted molar refractivity (Wildman–Crippen MR) is 100 cm³/mol. The number of carbonyl (C=O) groups is 1. The zero-order valence-corrected chi connectivity index (χ0v) is 15.4. The van der Waals surface area contributed by atoms with E-state index < -0.39 is 0 Å². The third kappa shape index (κ3) is 5.26. The van der Waals surface area contributed by atoms with E-state index in [1.54, 1.807) is 18.3 Å². The molecule has 0 radical (unpaired) electrons. The topological polar surface area (TPSA) is 77.2 Å². The molecule has 3 N–H and O–H groups in total. The molecule has 2 heterocycles. The van der Waals surface area contributed by atoms with E-state index in [2.05, 4.69) is 10.3 Å². The summed E-state index contributed by atoms with van der Waals surface area (Å²) >= 11 is 1.95. The first-order valence-corrected chi connectivity index (χ1v) is 9.63. The lowest BCUT2D eigenvalue weighted by molar-refractivity contribution is 0.0915. The van der Waals surface area contributed by atoms with Crippen molar-refractivity contribution in [3.8, 4) is 5.88 Å². The first-order chi connectivity index (χ1) is 11.2. The Kier molecular flexibility index (Phi) is 7.65. The summed E-state index contributed by atoms with van der Waals surface area (Å²) in [6.07, 6.45) is 7.73. The predicted octanol–water partition coefficient (Wildman–Crippen LogP) is 2.78. The van der Waals surface area contributed by atoms with Gasteiger partial charge >= 0.3 is 0 Å². The molecule has 0 atom stereocenters. The van der Waals surface area contributed by atoms with E-state index in [0.29, 0.717) is 11.4 Å². The van der Waals surface area contributed by atoms with Crippen molar-refractivity contribution in [3.05, 3.63) is 23.9 Å². The zero-order valence-electron chi connectivity index (χ0n) is 13.8. The number of ether oxygens (including phenoxy) is 1. The molecule has 1 aliphatic carbocycles. The summed E-state index contributed by atoms with van der Waals surface area (Å²) in [6, 6.07) is 4.07. The fraction of sp³-hybridized carbons (Fsp3) is 0.647. The Hall–Kier alpha value is -0.980. The van der Waals surface area contributed by atoms with Crippen molar-refractivity contribution in [1.82, 2.24) is 10.3 Å². The summed E-state index contributed by atoms with van der Waals surface area (Å²) in [4.78, 5) is 16.9. The number of aromatic nitrogens is 1. The minimum atomic E-state index is -0.0845. The van der Waals surface area contributed by atoms with Crippen molar-refractivity contribution in [1.29, 1.82) is 0 Å². The van der Waals surface area contributed by atoms with Gasteiger partial charge in [0.2, 0.25) is 5.88 Å². The number of carbonyl (C=O) groups excluding carboxylic acids is 1. The van der Waals surface area contributed by atoms with Crippen LogP contribution in [0.5, 0.6) is 5.88 Å². The third-order valence-electron chi connectivity index (χ3n) is 4.57. The summed E-state index contributed by atoms with van der Waals surface area (Å²) in [5.41, 5.74) is 6.46. The van der Waals surface area contributed by atoms with Crippen LogP contribution in [0.15, 0.2) is 18.3 Å². The Morgan fingerprint density at radius 3 is 2.62 bits per heavy atom. The quantitative estimate of drug-likeness (QED) is 0.850. The number of amides is 1. The average Bonchev–Trinajstić information content (AvgIpc) is 2.58. The summed E-state index contributed by atoms with van der Waals surface area (Å²) in [7, 11) is 0. The molecule has 1 saturated carbocycles. The molecule has 1 saturated heterocycles. The van der Waals surface area contributed by atoms with E-state index >= 15 is 0 Å². The average molecular weight is 372 g/mol. The monoisotopic (exact) mass is 371 g/mol. The maximum absolute atomic E-state index is 12.6. The normalized spacial score (nSPS) is 24.7. The van der Waals surface area contributed by atoms with Gasteiger partial charge in [0.25, 0.3) is 5.91 Å². The van der Waals surface area contributed by atoms with Crippen LogP contribution in [0.25, 0.3) is 0 Å². The maximum atomic E-state index is 12.6. The van der Waals surface area contributed by atoms with Crippen molar-refractivity contribution >= 4 is 30.1 Å². The molecule has 3 rings (SSSR count). The van der Waals surface area contributed by atoms with Crippen LogP contribution >= 0.6 is 24.2 Å². The van der Waals surface area contributed by atoms with E-state index in [-0.39, 0.29) is 36.5 Å². The maximum Gasteiger partial charge on any atom is 0.256 e. The second kappa shape index (κ2) is 9.49. The van der Waals surface area contributed by atoms with Gasteiger partial charge in [-0.1, -0.05) is 0 Å². The molecule has 1 aromatic heterocycles. The molecule has 5 nitrogen and oxygen atoms in total. The van der Waals surface area contributed by atoms with Gasteiger partial charge in [-0.05, 0) is 62.2 Å². The largest absolute Gasteiger partial charge is 0.474 e. The van der Waals surface area contributed by atoms with Crippen molar-refractivity contribution in [2.75, 3.05) is 11.5 Å². The highest BCUT2D eigenvalue weighted by Gasteiger charge is 2.24. The number of halogens is 1. The minimum Gasteiger partial charge on any atom is -0.474 e. The van der Waals surface area contributed by atoms with Gasteiger partial charge in [-0.15, -0.1) is 12.4 Å². The van der Waals surface area contributed by atoms with Crippen molar-refractivity contribution in [3.63, 3.8) is 0 Å². The van der Waals surface area contributed by atoms with Crippen molar-refractivity contribution in [2.24, 2.45) is 5.73 Å². The molecule has 0 bridgehead atoms. The molecule has 134 valence electrons. The van der Waals surface area contributed by atoms with E-state index in [0.717, 1.165) is 50.0 Å². The highest BCUT2D eigenvalue weighted by molar-refractivity contribution is 7.99. The highest BCUT2D eigenvalue weighted by atomic mass is 35.5. The smallest absolute Gasteiger partial charge is 0.256 e. The van der Waals surface area contributed by atoms with Gasteiger partial charge in [0, 0.05) is 18.3 Å². The van der Waals surface area contributed by atoms with E-state index in [1.807, 2.05) is 11.8 Å². The SMILES string of the molecule is Cl.NC1CCC(NC(=O)c2cccnc2OC2CCSCC2)CC1. The number of hydrogen-bond donors (Lipinski definition) is 2. The number of nitrogens with two attached hydrogens (primary N) is 1. The Bertz CT molecular complexity index is 532. The molecule has 7 heteroatoms. The van der Waals surface area contributed by atoms with E-state index in [9.17, 15) is 4.79 Å². The molecule has 1 aromatic rings. The molecule has 0 aromatic carbocycles. The van der Waals surface area contributed by atoms with Gasteiger partial charge in [0.1, 0.15) is 11.7 Å². The van der Waals surface area contributed by atoms with Gasteiger partial charge < -0.3 is 15.8 Å². The second-order valence-corrected chi connectivity index (χ2v) is 7.60. The van der Waals surface area contributed by atoms with Gasteiger partial charge in [0.05, 0.1) is 0 Å². The van der Waals surface area contributed by atoms with E-state index in [4.69, 9.17) is 10.5 Å². The lowest BCUT2D eigenvalue weighted by atomic mass is 9.91. The summed E-state index contributed by atoms with van der Waals surface area (Å²) in [5, 5.41) is 3.11. The fourth-order valence-electron chi connectivity index (χ4n) is 3.14. The van der Waals surface area contributed by atoms with Crippen LogP contribution in [-0.2, 0) is 0 Å². The fourth-order valence-corrected chi connectivity index (χ4v) is 4.20. The number of nitrogens with zero attached hydrogens (tertiary/aromatic N) is 1. The molecule has 24 heavy (non-hydrogen) atoms. The molecule has 1 aliphatic heterocycles. The molecule has 0 spiro atoms. The van der Waals surface area contributed by atoms with Crippen LogP contribution in [0.4, 0.5) is 0 Å². The summed E-state index contributed by atoms with van der Waals surface area (Å²) in [6.45, 7) is 0. The number of pyridine rings is 1. The number of nitrogens with one attached hydrogen (secondary N) is 1. The summed E-state index contributed by atoms with van der Waals surface area (Å²) in [5.74, 6) is 2.61. The third-order valence-corrected chi connectivity index (χ3v) is 5.62. The van der Waals surface area contributed by atoms with Gasteiger partial charge in [-0.2, -0.15) is 11.8 Å². The molecular formula is C17H26ClN3O2S. The van der Waals surface area contributed by atoms with Crippen LogP contribution < -0.4 is 15.8 Å². The van der Waals surface area contributed by atoms with Crippen LogP contribution in [-0.4, -0.2) is 40.6 Å². The number of hydrogen-bond acceptors (Lipinski definition) is 5. The first kappa shape index (κ1) is 19.3. The van der Waals surface area contributed by atoms with E-state index in [1.165, 1.54) is 0 Å². The van der Waals surface area contributed by atoms with Crippen LogP contribution in [0.1, 0.15) is 48.9 Å². The van der Waals surface area contributed by atoms with Gasteiger partial charge in [-0.25, -0.2) is 4.98 Å². The first-order valence-electron chi connectivity index (χ1n) is 8.48. The minimum absolute atomic E-state index is 0. The van der Waals surface area contributed by atoms with Crippen LogP contribution in [0.2, 0.25) is 0 Å². The number of thioether (sulfide) groups is 1. The Morgan fingerprint density at radius 2 is 1.92 bits per heavy atom. The molecule has 1 amide bonds. The summed E-state index contributed by atoms with van der Waals surface area (Å²) < 4.78 is 6.01. The van der Waals surface area contributed by atoms with Crippen LogP contribution in [0.3, 0.4) is 0 Å². The zero-order chi connectivity index (χ0) is 16.1. The van der Waals surface area contributed by atoms with Gasteiger partial charge in [-0.3, -0.25) is 4.79 Å². The lowest BCUT2D eigenvalue weighted by Crippen LogP contribution is -2.40. The Balaban J connectivity index is 0.00000208. The standard InChI is InChI=1S/C17H25N3O2S.ClH/c18-12-3-5-13(6-4-12)20-16(21)15-2-1-9-19-17(15)22-14-7-10-23-11-8-14;/h1-2,9,12-14H,3-8,10-11,18H2,(H,20,21);1H. The second-order valence-electron chi connectivity index (χ2n) is 6.37. The molecule has 2 aliphatic rings. The van der Waals surface area contributed by atoms with Crippen molar-refractivity contribution < 1.29 is 9.53 Å². The molecular weight excluding hydrogens is 346 g/mol. The number of rotatable bonds is 4. The molecule has 0 unspecified atom stereocenters. The Labute approximate surface area is 153 Å². The highest BCUT2D eigenvalue weighted by Crippen LogP contribution is 2.24. The Morgan fingerprint density at radius 1 is 1.21 bits per heavy atom. The van der Waals surface area contributed by atoms with Crippen LogP contribution in [0, 0.1) is 0 Å².